The summed E-state index contributed by atoms with van der Waals surface area (Å²) in [6.45, 7) is 0. The van der Waals surface area contributed by atoms with E-state index in [2.05, 4.69) is 177 Å². The molecule has 0 aliphatic heterocycles. The SMILES string of the molecule is N#Cc1ccc2c(c1)c1ccc(-n3c4ccccc4c4ccccc43)cc1n2-c1ccc(-c2ccccc2-n2c3ccccc3c3ccccc32)cc1C#N. The summed E-state index contributed by atoms with van der Waals surface area (Å²) in [6, 6.07) is 65.9. The number of nitriles is 2. The molecule has 11 rings (SSSR count). The highest BCUT2D eigenvalue weighted by Gasteiger charge is 2.20. The summed E-state index contributed by atoms with van der Waals surface area (Å²) in [5.74, 6) is 0. The first-order valence-electron chi connectivity index (χ1n) is 18.3. The van der Waals surface area contributed by atoms with E-state index in [0.717, 1.165) is 72.1 Å². The summed E-state index contributed by atoms with van der Waals surface area (Å²) in [4.78, 5) is 0. The molecule has 0 aliphatic carbocycles. The Morgan fingerprint density at radius 2 is 0.873 bits per heavy atom. The molecule has 0 atom stereocenters. The minimum atomic E-state index is 0.556. The van der Waals surface area contributed by atoms with Crippen molar-refractivity contribution in [1.29, 1.82) is 10.5 Å². The lowest BCUT2D eigenvalue weighted by molar-refractivity contribution is 1.15. The van der Waals surface area contributed by atoms with E-state index < -0.39 is 0 Å². The molecule has 0 unspecified atom stereocenters. The van der Waals surface area contributed by atoms with Gasteiger partial charge in [-0.25, -0.2) is 0 Å². The fraction of sp³-hybridized carbons (Fsp3) is 0. The van der Waals surface area contributed by atoms with Crippen molar-refractivity contribution in [3.63, 3.8) is 0 Å². The maximum Gasteiger partial charge on any atom is 0.101 e. The highest BCUT2D eigenvalue weighted by atomic mass is 15.0. The lowest BCUT2D eigenvalue weighted by Crippen LogP contribution is -2.01. The van der Waals surface area contributed by atoms with Crippen LogP contribution in [-0.2, 0) is 0 Å². The van der Waals surface area contributed by atoms with E-state index in [-0.39, 0.29) is 0 Å². The Bertz CT molecular complexity index is 3360. The van der Waals surface area contributed by atoms with Crippen LogP contribution in [0.3, 0.4) is 0 Å². The van der Waals surface area contributed by atoms with Crippen LogP contribution in [0.15, 0.2) is 176 Å². The fourth-order valence-corrected chi connectivity index (χ4v) is 8.76. The summed E-state index contributed by atoms with van der Waals surface area (Å²) in [6.07, 6.45) is 0. The molecule has 0 saturated carbocycles. The maximum atomic E-state index is 10.9. The number of fused-ring (bicyclic) bond motifs is 9. The average molecular weight is 700 g/mol. The second kappa shape index (κ2) is 11.8. The highest BCUT2D eigenvalue weighted by molar-refractivity contribution is 6.13. The van der Waals surface area contributed by atoms with Crippen LogP contribution < -0.4 is 0 Å². The topological polar surface area (TPSA) is 62.4 Å². The van der Waals surface area contributed by atoms with Gasteiger partial charge in [-0.15, -0.1) is 0 Å². The van der Waals surface area contributed by atoms with Crippen LogP contribution >= 0.6 is 0 Å². The quantitative estimate of drug-likeness (QED) is 0.184. The second-order valence-electron chi connectivity index (χ2n) is 14.0. The highest BCUT2D eigenvalue weighted by Crippen LogP contribution is 2.40. The zero-order valence-corrected chi connectivity index (χ0v) is 29.5. The average Bonchev–Trinajstić information content (AvgIpc) is 3.88. The van der Waals surface area contributed by atoms with Crippen LogP contribution in [0.25, 0.3) is 93.6 Å². The molecule has 55 heavy (non-hydrogen) atoms. The molecule has 0 amide bonds. The van der Waals surface area contributed by atoms with Gasteiger partial charge in [0.2, 0.25) is 0 Å². The number of hydrogen-bond donors (Lipinski definition) is 0. The Morgan fingerprint density at radius 1 is 0.345 bits per heavy atom. The Morgan fingerprint density at radius 3 is 1.49 bits per heavy atom. The molecule has 0 bridgehead atoms. The molecule has 0 saturated heterocycles. The van der Waals surface area contributed by atoms with Gasteiger partial charge in [0.05, 0.1) is 61.7 Å². The van der Waals surface area contributed by atoms with Crippen molar-refractivity contribution in [3.8, 4) is 40.3 Å². The molecule has 0 fully saturated rings. The first kappa shape index (κ1) is 30.7. The lowest BCUT2D eigenvalue weighted by atomic mass is 10.00. The number of hydrogen-bond acceptors (Lipinski definition) is 2. The normalized spacial score (nSPS) is 11.6. The minimum absolute atomic E-state index is 0.556. The molecule has 11 aromatic rings. The van der Waals surface area contributed by atoms with Crippen molar-refractivity contribution < 1.29 is 0 Å². The predicted molar refractivity (Wildman–Crippen MR) is 224 cm³/mol. The van der Waals surface area contributed by atoms with E-state index in [1.54, 1.807) is 0 Å². The van der Waals surface area contributed by atoms with E-state index in [0.29, 0.717) is 11.1 Å². The van der Waals surface area contributed by atoms with Crippen LogP contribution in [0.5, 0.6) is 0 Å². The van der Waals surface area contributed by atoms with Gasteiger partial charge in [0.1, 0.15) is 6.07 Å². The Labute approximate surface area is 316 Å². The smallest absolute Gasteiger partial charge is 0.101 e. The Kier molecular flexibility index (Phi) is 6.61. The van der Waals surface area contributed by atoms with Gasteiger partial charge in [-0.3, -0.25) is 0 Å². The van der Waals surface area contributed by atoms with Gasteiger partial charge in [-0.05, 0) is 78.4 Å². The van der Waals surface area contributed by atoms with Crippen molar-refractivity contribution in [2.75, 3.05) is 0 Å². The molecule has 5 heteroatoms. The fourth-order valence-electron chi connectivity index (χ4n) is 8.76. The van der Waals surface area contributed by atoms with E-state index in [9.17, 15) is 10.5 Å². The standard InChI is InChI=1S/C50H29N5/c51-30-32-21-25-49-42(27-32)41-24-23-35(53-45-17-7-2-12-37(45)38-13-3-8-18-46(38)53)29-50(41)54(49)43-26-22-33(28-34(43)31-52)36-11-1-6-16-44(36)55-47-19-9-4-14-39(47)40-15-5-10-20-48(40)55/h1-29H. The molecule has 3 heterocycles. The van der Waals surface area contributed by atoms with Crippen LogP contribution in [0.2, 0.25) is 0 Å². The summed E-state index contributed by atoms with van der Waals surface area (Å²) >= 11 is 0. The molecule has 3 aromatic heterocycles. The molecule has 0 spiro atoms. The maximum absolute atomic E-state index is 10.9. The van der Waals surface area contributed by atoms with Crippen LogP contribution in [-0.4, -0.2) is 13.7 Å². The van der Waals surface area contributed by atoms with Crippen LogP contribution in [0, 0.1) is 22.7 Å². The minimum Gasteiger partial charge on any atom is -0.309 e. The first-order chi connectivity index (χ1) is 27.2. The molecular weight excluding hydrogens is 671 g/mol. The third-order valence-electron chi connectivity index (χ3n) is 11.1. The molecule has 0 N–H and O–H groups in total. The van der Waals surface area contributed by atoms with Gasteiger partial charge in [0.15, 0.2) is 0 Å². The molecular formula is C50H29N5. The molecule has 8 aromatic carbocycles. The van der Waals surface area contributed by atoms with Crippen LogP contribution in [0.4, 0.5) is 0 Å². The first-order valence-corrected chi connectivity index (χ1v) is 18.3. The number of benzene rings is 8. The van der Waals surface area contributed by atoms with Crippen molar-refractivity contribution in [3.05, 3.63) is 187 Å². The number of nitrogens with zero attached hydrogens (tertiary/aromatic N) is 5. The number of aromatic nitrogens is 3. The summed E-state index contributed by atoms with van der Waals surface area (Å²) in [5, 5.41) is 27.5. The van der Waals surface area contributed by atoms with Gasteiger partial charge in [-0.2, -0.15) is 10.5 Å². The van der Waals surface area contributed by atoms with Crippen molar-refractivity contribution in [2.24, 2.45) is 0 Å². The molecule has 254 valence electrons. The monoisotopic (exact) mass is 699 g/mol. The zero-order chi connectivity index (χ0) is 36.6. The molecule has 5 nitrogen and oxygen atoms in total. The van der Waals surface area contributed by atoms with Gasteiger partial charge < -0.3 is 13.7 Å². The zero-order valence-electron chi connectivity index (χ0n) is 29.5. The summed E-state index contributed by atoms with van der Waals surface area (Å²) in [7, 11) is 0. The van der Waals surface area contributed by atoms with E-state index in [1.165, 1.54) is 21.5 Å². The van der Waals surface area contributed by atoms with Gasteiger partial charge in [-0.1, -0.05) is 103 Å². The van der Waals surface area contributed by atoms with E-state index in [1.807, 2.05) is 24.3 Å². The Balaban J connectivity index is 1.15. The van der Waals surface area contributed by atoms with E-state index in [4.69, 9.17) is 0 Å². The van der Waals surface area contributed by atoms with E-state index >= 15 is 0 Å². The molecule has 0 radical (unpaired) electrons. The van der Waals surface area contributed by atoms with Crippen molar-refractivity contribution in [1.82, 2.24) is 13.7 Å². The van der Waals surface area contributed by atoms with Crippen molar-refractivity contribution in [2.45, 2.75) is 0 Å². The molecule has 0 aliphatic rings. The van der Waals surface area contributed by atoms with Crippen molar-refractivity contribution >= 4 is 65.4 Å². The summed E-state index contributed by atoms with van der Waals surface area (Å²) < 4.78 is 6.83. The van der Waals surface area contributed by atoms with Gasteiger partial charge in [0, 0.05) is 43.6 Å². The van der Waals surface area contributed by atoms with Gasteiger partial charge >= 0.3 is 0 Å². The lowest BCUT2D eigenvalue weighted by Gasteiger charge is -2.16. The second-order valence-corrected chi connectivity index (χ2v) is 14.0. The summed E-state index contributed by atoms with van der Waals surface area (Å²) in [5.41, 5.74) is 12.4. The number of para-hydroxylation sites is 5. The third kappa shape index (κ3) is 4.45. The van der Waals surface area contributed by atoms with Crippen LogP contribution in [0.1, 0.15) is 11.1 Å². The largest absolute Gasteiger partial charge is 0.309 e. The van der Waals surface area contributed by atoms with Gasteiger partial charge in [0.25, 0.3) is 0 Å². The Hall–Kier alpha value is -7.86. The third-order valence-corrected chi connectivity index (χ3v) is 11.1. The predicted octanol–water partition coefficient (Wildman–Crippen LogP) is 12.4. The number of rotatable bonds is 4.